The maximum atomic E-state index is 9.33. The van der Waals surface area contributed by atoms with Crippen LogP contribution in [0.2, 0.25) is 10.0 Å². The van der Waals surface area contributed by atoms with Crippen molar-refractivity contribution in [2.75, 3.05) is 39.5 Å². The molecule has 3 N–H and O–H groups in total. The number of aliphatic hydroxyl groups is 1. The third-order valence-electron chi connectivity index (χ3n) is 4.67. The molecule has 1 aliphatic heterocycles. The molecular weight excluding hydrogens is 373 g/mol. The quantitative estimate of drug-likeness (QED) is 0.337. The van der Waals surface area contributed by atoms with Crippen molar-refractivity contribution in [3.8, 4) is 0 Å². The molecule has 1 heterocycles. The number of hydrogen-bond donors (Lipinski definition) is 3. The molecule has 0 saturated carbocycles. The van der Waals surface area contributed by atoms with E-state index in [0.29, 0.717) is 23.2 Å². The molecule has 0 amide bonds. The van der Waals surface area contributed by atoms with E-state index >= 15 is 0 Å². The zero-order valence-corrected chi connectivity index (χ0v) is 16.9. The lowest BCUT2D eigenvalue weighted by Gasteiger charge is -2.24. The van der Waals surface area contributed by atoms with Gasteiger partial charge in [0.2, 0.25) is 0 Å². The molecule has 1 unspecified atom stereocenters. The highest BCUT2D eigenvalue weighted by Crippen LogP contribution is 2.32. The van der Waals surface area contributed by atoms with E-state index in [1.165, 1.54) is 0 Å². The Morgan fingerprint density at radius 3 is 2.85 bits per heavy atom. The van der Waals surface area contributed by atoms with Gasteiger partial charge in [0.25, 0.3) is 0 Å². The smallest absolute Gasteiger partial charge is 0.191 e. The first-order valence-electron chi connectivity index (χ1n) is 9.23. The number of nitrogens with one attached hydrogen (secondary N) is 2. The molecule has 5 nitrogen and oxygen atoms in total. The van der Waals surface area contributed by atoms with E-state index in [1.807, 2.05) is 19.1 Å². The van der Waals surface area contributed by atoms with Crippen LogP contribution < -0.4 is 10.6 Å². The lowest BCUT2D eigenvalue weighted by atomic mass is 9.84. The van der Waals surface area contributed by atoms with Gasteiger partial charge in [0.1, 0.15) is 0 Å². The largest absolute Gasteiger partial charge is 0.396 e. The van der Waals surface area contributed by atoms with Gasteiger partial charge in [-0.2, -0.15) is 0 Å². The Bertz CT molecular complexity index is 590. The molecule has 0 aliphatic carbocycles. The fraction of sp³-hybridized carbons (Fsp3) is 0.632. The van der Waals surface area contributed by atoms with Gasteiger partial charge in [0, 0.05) is 41.8 Å². The van der Waals surface area contributed by atoms with E-state index in [2.05, 4.69) is 10.6 Å². The average molecular weight is 402 g/mol. The van der Waals surface area contributed by atoms with Crippen molar-refractivity contribution in [2.45, 2.75) is 32.6 Å². The molecule has 0 aromatic heterocycles. The van der Waals surface area contributed by atoms with Crippen LogP contribution in [0.25, 0.3) is 0 Å². The summed E-state index contributed by atoms with van der Waals surface area (Å²) < 4.78 is 5.53. The van der Waals surface area contributed by atoms with Crippen LogP contribution in [0.4, 0.5) is 0 Å². The molecule has 1 aromatic rings. The van der Waals surface area contributed by atoms with Crippen LogP contribution in [0.15, 0.2) is 23.2 Å². The number of aryl methyl sites for hydroxylation is 1. The first-order valence-corrected chi connectivity index (χ1v) is 9.99. The van der Waals surface area contributed by atoms with Crippen LogP contribution >= 0.6 is 23.2 Å². The Morgan fingerprint density at radius 2 is 2.19 bits per heavy atom. The molecule has 1 aromatic carbocycles. The zero-order chi connectivity index (χ0) is 18.8. The topological polar surface area (TPSA) is 65.9 Å². The molecule has 0 bridgehead atoms. The molecule has 0 radical (unpaired) electrons. The first kappa shape index (κ1) is 21.3. The van der Waals surface area contributed by atoms with E-state index in [0.717, 1.165) is 56.9 Å². The van der Waals surface area contributed by atoms with Gasteiger partial charge in [-0.15, -0.1) is 0 Å². The summed E-state index contributed by atoms with van der Waals surface area (Å²) in [4.78, 5) is 4.72. The highest BCUT2D eigenvalue weighted by Gasteiger charge is 2.34. The number of rotatable bonds is 9. The van der Waals surface area contributed by atoms with E-state index in [-0.39, 0.29) is 12.0 Å². The number of halogens is 2. The Morgan fingerprint density at radius 1 is 1.35 bits per heavy atom. The van der Waals surface area contributed by atoms with Gasteiger partial charge in [-0.1, -0.05) is 29.3 Å². The van der Waals surface area contributed by atoms with Crippen molar-refractivity contribution in [3.63, 3.8) is 0 Å². The van der Waals surface area contributed by atoms with Crippen LogP contribution in [0.3, 0.4) is 0 Å². The minimum Gasteiger partial charge on any atom is -0.396 e. The third-order valence-corrected chi connectivity index (χ3v) is 5.26. The van der Waals surface area contributed by atoms with E-state index in [4.69, 9.17) is 32.9 Å². The zero-order valence-electron chi connectivity index (χ0n) is 15.4. The monoisotopic (exact) mass is 401 g/mol. The van der Waals surface area contributed by atoms with E-state index in [9.17, 15) is 5.11 Å². The number of nitrogens with zero attached hydrogens (tertiary/aromatic N) is 1. The fourth-order valence-corrected chi connectivity index (χ4v) is 3.59. The second kappa shape index (κ2) is 11.0. The molecule has 1 saturated heterocycles. The molecule has 0 spiro atoms. The van der Waals surface area contributed by atoms with Crippen molar-refractivity contribution >= 4 is 29.2 Å². The summed E-state index contributed by atoms with van der Waals surface area (Å²) in [5.41, 5.74) is 1.07. The molecule has 146 valence electrons. The lowest BCUT2D eigenvalue weighted by Crippen LogP contribution is -2.39. The molecule has 1 aliphatic rings. The Labute approximate surface area is 166 Å². The standard InChI is InChI=1S/C19H29Cl2N3O2/c1-2-22-18(24-13-19(7-10-25)8-11-26-14-19)23-9-3-4-15-5-6-16(20)12-17(15)21/h5-6,12,25H,2-4,7-11,13-14H2,1H3,(H2,22,23,24). The van der Waals surface area contributed by atoms with Crippen molar-refractivity contribution < 1.29 is 9.84 Å². The predicted molar refractivity (Wildman–Crippen MR) is 108 cm³/mol. The van der Waals surface area contributed by atoms with Gasteiger partial charge in [-0.3, -0.25) is 4.99 Å². The summed E-state index contributed by atoms with van der Waals surface area (Å²) in [5.74, 6) is 0.805. The van der Waals surface area contributed by atoms with Gasteiger partial charge in [0.15, 0.2) is 5.96 Å². The SMILES string of the molecule is CCNC(=NCC1(CCO)CCOC1)NCCCc1ccc(Cl)cc1Cl. The molecule has 7 heteroatoms. The number of aliphatic imine (C=N–C) groups is 1. The van der Waals surface area contributed by atoms with Crippen LogP contribution in [-0.2, 0) is 11.2 Å². The maximum Gasteiger partial charge on any atom is 0.191 e. The summed E-state index contributed by atoms with van der Waals surface area (Å²) in [6, 6.07) is 5.62. The Balaban J connectivity index is 1.83. The normalized spacial score (nSPS) is 20.4. The first-order chi connectivity index (χ1) is 12.6. The summed E-state index contributed by atoms with van der Waals surface area (Å²) >= 11 is 12.1. The van der Waals surface area contributed by atoms with Gasteiger partial charge in [-0.25, -0.2) is 0 Å². The van der Waals surface area contributed by atoms with Crippen molar-refractivity contribution in [3.05, 3.63) is 33.8 Å². The van der Waals surface area contributed by atoms with E-state index < -0.39 is 0 Å². The fourth-order valence-electron chi connectivity index (χ4n) is 3.09. The highest BCUT2D eigenvalue weighted by atomic mass is 35.5. The Kier molecular flexibility index (Phi) is 8.99. The van der Waals surface area contributed by atoms with E-state index in [1.54, 1.807) is 6.07 Å². The maximum absolute atomic E-state index is 9.33. The molecular formula is C19H29Cl2N3O2. The van der Waals surface area contributed by atoms with Crippen LogP contribution in [0, 0.1) is 5.41 Å². The second-order valence-corrected chi connectivity index (χ2v) is 7.58. The molecule has 2 rings (SSSR count). The number of hydrogen-bond acceptors (Lipinski definition) is 3. The summed E-state index contributed by atoms with van der Waals surface area (Å²) in [6.45, 7) is 5.91. The number of ether oxygens (including phenoxy) is 1. The number of aliphatic hydroxyl groups excluding tert-OH is 1. The summed E-state index contributed by atoms with van der Waals surface area (Å²) in [6.07, 6.45) is 3.50. The predicted octanol–water partition coefficient (Wildman–Crippen LogP) is 3.27. The van der Waals surface area contributed by atoms with Gasteiger partial charge in [-0.05, 0) is 50.3 Å². The molecule has 1 atom stereocenters. The Hall–Kier alpha value is -1.01. The van der Waals surface area contributed by atoms with Crippen molar-refractivity contribution in [1.82, 2.24) is 10.6 Å². The van der Waals surface area contributed by atoms with Gasteiger partial charge >= 0.3 is 0 Å². The minimum atomic E-state index is -0.0338. The second-order valence-electron chi connectivity index (χ2n) is 6.74. The molecule has 1 fully saturated rings. The summed E-state index contributed by atoms with van der Waals surface area (Å²) in [5, 5.41) is 17.3. The van der Waals surface area contributed by atoms with Crippen LogP contribution in [0.5, 0.6) is 0 Å². The lowest BCUT2D eigenvalue weighted by molar-refractivity contribution is 0.131. The van der Waals surface area contributed by atoms with Gasteiger partial charge < -0.3 is 20.5 Å². The average Bonchev–Trinajstić information content (AvgIpc) is 3.07. The minimum absolute atomic E-state index is 0.0338. The third kappa shape index (κ3) is 6.62. The van der Waals surface area contributed by atoms with Crippen LogP contribution in [-0.4, -0.2) is 50.5 Å². The highest BCUT2D eigenvalue weighted by molar-refractivity contribution is 6.35. The van der Waals surface area contributed by atoms with Crippen molar-refractivity contribution in [1.29, 1.82) is 0 Å². The van der Waals surface area contributed by atoms with Gasteiger partial charge in [0.05, 0.1) is 13.2 Å². The number of benzene rings is 1. The molecule has 26 heavy (non-hydrogen) atoms. The van der Waals surface area contributed by atoms with Crippen LogP contribution in [0.1, 0.15) is 31.7 Å². The van der Waals surface area contributed by atoms with Crippen molar-refractivity contribution in [2.24, 2.45) is 10.4 Å². The number of guanidine groups is 1. The summed E-state index contributed by atoms with van der Waals surface area (Å²) in [7, 11) is 0.